The minimum Gasteiger partial charge on any atom is -0.497 e. The lowest BCUT2D eigenvalue weighted by atomic mass is 10.2. The maximum atomic E-state index is 10.2. The number of anilines is 1. The third-order valence-corrected chi connectivity index (χ3v) is 5.02. The number of aliphatic hydroxyl groups excluding tert-OH is 1. The van der Waals surface area contributed by atoms with E-state index in [9.17, 15) is 5.11 Å². The molecule has 0 saturated carbocycles. The quantitative estimate of drug-likeness (QED) is 0.750. The molecule has 1 heterocycles. The highest BCUT2D eigenvalue weighted by molar-refractivity contribution is 6.30. The van der Waals surface area contributed by atoms with E-state index in [1.54, 1.807) is 7.11 Å². The van der Waals surface area contributed by atoms with Crippen LogP contribution in [0.2, 0.25) is 5.02 Å². The van der Waals surface area contributed by atoms with E-state index < -0.39 is 6.10 Å². The van der Waals surface area contributed by atoms with Crippen LogP contribution in [0, 0.1) is 0 Å². The molecule has 5 nitrogen and oxygen atoms in total. The van der Waals surface area contributed by atoms with Crippen molar-refractivity contribution in [1.29, 1.82) is 0 Å². The van der Waals surface area contributed by atoms with Gasteiger partial charge in [-0.2, -0.15) is 0 Å². The summed E-state index contributed by atoms with van der Waals surface area (Å²) < 4.78 is 10.8. The van der Waals surface area contributed by atoms with Crippen LogP contribution in [0.25, 0.3) is 0 Å². The van der Waals surface area contributed by atoms with Crippen molar-refractivity contribution in [3.8, 4) is 5.75 Å². The highest BCUT2D eigenvalue weighted by Crippen LogP contribution is 2.20. The Labute approximate surface area is 166 Å². The Hall–Kier alpha value is -1.79. The van der Waals surface area contributed by atoms with Gasteiger partial charge >= 0.3 is 0 Å². The lowest BCUT2D eigenvalue weighted by molar-refractivity contribution is 0.00914. The van der Waals surface area contributed by atoms with Crippen LogP contribution in [0.1, 0.15) is 5.56 Å². The first kappa shape index (κ1) is 20.0. The molecule has 0 amide bonds. The van der Waals surface area contributed by atoms with Crippen molar-refractivity contribution in [3.05, 3.63) is 59.1 Å². The molecule has 1 saturated heterocycles. The summed E-state index contributed by atoms with van der Waals surface area (Å²) in [5.41, 5.74) is 2.27. The monoisotopic (exact) mass is 390 g/mol. The summed E-state index contributed by atoms with van der Waals surface area (Å²) in [6.45, 7) is 5.22. The number of hydrogen-bond donors (Lipinski definition) is 1. The molecule has 1 aliphatic heterocycles. The second-order valence-electron chi connectivity index (χ2n) is 6.78. The molecule has 1 aliphatic rings. The molecule has 0 aliphatic carbocycles. The second kappa shape index (κ2) is 9.95. The Bertz CT molecular complexity index is 686. The third kappa shape index (κ3) is 6.11. The van der Waals surface area contributed by atoms with Gasteiger partial charge in [-0.1, -0.05) is 23.7 Å². The molecule has 1 N–H and O–H groups in total. The molecule has 1 unspecified atom stereocenters. The zero-order valence-electron chi connectivity index (χ0n) is 15.7. The predicted molar refractivity (Wildman–Crippen MR) is 109 cm³/mol. The summed E-state index contributed by atoms with van der Waals surface area (Å²) in [5.74, 6) is 0.874. The van der Waals surface area contributed by atoms with Crippen LogP contribution < -0.4 is 9.64 Å². The number of hydrogen-bond acceptors (Lipinski definition) is 5. The Kier molecular flexibility index (Phi) is 7.35. The summed E-state index contributed by atoms with van der Waals surface area (Å²) >= 11 is 5.87. The molecule has 6 heteroatoms. The van der Waals surface area contributed by atoms with Gasteiger partial charge in [-0.3, -0.25) is 4.90 Å². The van der Waals surface area contributed by atoms with Gasteiger partial charge in [0.15, 0.2) is 0 Å². The van der Waals surface area contributed by atoms with E-state index in [4.69, 9.17) is 21.1 Å². The average Bonchev–Trinajstić information content (AvgIpc) is 2.70. The van der Waals surface area contributed by atoms with Crippen LogP contribution in [0.15, 0.2) is 48.5 Å². The summed E-state index contributed by atoms with van der Waals surface area (Å²) in [7, 11) is 1.68. The van der Waals surface area contributed by atoms with Crippen molar-refractivity contribution in [2.24, 2.45) is 0 Å². The van der Waals surface area contributed by atoms with E-state index in [-0.39, 0.29) is 0 Å². The Balaban J connectivity index is 1.36. The Morgan fingerprint density at radius 3 is 2.30 bits per heavy atom. The number of methoxy groups -OCH3 is 1. The number of rotatable bonds is 8. The first-order chi connectivity index (χ1) is 13.1. The molecule has 1 atom stereocenters. The molecule has 0 aromatic heterocycles. The second-order valence-corrected chi connectivity index (χ2v) is 7.22. The number of β-amino-alcohol motifs (C(OH)–C–C–N with tert-alkyl or cyclic N) is 1. The molecule has 3 rings (SSSR count). The van der Waals surface area contributed by atoms with Crippen LogP contribution in [0.4, 0.5) is 5.69 Å². The summed E-state index contributed by atoms with van der Waals surface area (Å²) in [5, 5.41) is 11.0. The molecule has 1 fully saturated rings. The van der Waals surface area contributed by atoms with Crippen molar-refractivity contribution in [2.75, 3.05) is 51.3 Å². The number of ether oxygens (including phenoxy) is 2. The first-order valence-corrected chi connectivity index (χ1v) is 9.63. The average molecular weight is 391 g/mol. The minimum absolute atomic E-state index is 0.335. The molecule has 0 bridgehead atoms. The van der Waals surface area contributed by atoms with Gasteiger partial charge in [0.05, 0.1) is 26.4 Å². The molecule has 2 aromatic rings. The van der Waals surface area contributed by atoms with Crippen molar-refractivity contribution in [2.45, 2.75) is 12.7 Å². The number of benzene rings is 2. The fraction of sp³-hybridized carbons (Fsp3) is 0.429. The molecule has 27 heavy (non-hydrogen) atoms. The largest absolute Gasteiger partial charge is 0.497 e. The smallest absolute Gasteiger partial charge is 0.119 e. The molecular weight excluding hydrogens is 364 g/mol. The van der Waals surface area contributed by atoms with E-state index in [0.717, 1.165) is 37.5 Å². The van der Waals surface area contributed by atoms with Crippen LogP contribution in [0.5, 0.6) is 5.75 Å². The standard InChI is InChI=1S/C21H27ClN2O3/c1-26-21-8-6-19(7-9-21)24-12-10-23(11-13-24)14-20(25)16-27-15-17-2-4-18(22)5-3-17/h2-9,20,25H,10-16H2,1H3. The van der Waals surface area contributed by atoms with Gasteiger partial charge in [0, 0.05) is 43.4 Å². The van der Waals surface area contributed by atoms with Crippen LogP contribution >= 0.6 is 11.6 Å². The zero-order valence-corrected chi connectivity index (χ0v) is 16.4. The maximum Gasteiger partial charge on any atom is 0.119 e. The molecule has 0 radical (unpaired) electrons. The van der Waals surface area contributed by atoms with Gasteiger partial charge in [0.1, 0.15) is 5.75 Å². The Morgan fingerprint density at radius 1 is 1.00 bits per heavy atom. The number of aliphatic hydroxyl groups is 1. The van der Waals surface area contributed by atoms with Crippen molar-refractivity contribution >= 4 is 17.3 Å². The number of nitrogens with zero attached hydrogens (tertiary/aromatic N) is 2. The number of halogens is 1. The van der Waals surface area contributed by atoms with Gasteiger partial charge in [-0.15, -0.1) is 0 Å². The van der Waals surface area contributed by atoms with E-state index in [1.807, 2.05) is 36.4 Å². The van der Waals surface area contributed by atoms with Gasteiger partial charge < -0.3 is 19.5 Å². The van der Waals surface area contributed by atoms with E-state index in [1.165, 1.54) is 5.69 Å². The normalized spacial score (nSPS) is 16.3. The van der Waals surface area contributed by atoms with E-state index in [2.05, 4.69) is 21.9 Å². The fourth-order valence-electron chi connectivity index (χ4n) is 3.23. The lowest BCUT2D eigenvalue weighted by Gasteiger charge is -2.36. The van der Waals surface area contributed by atoms with E-state index in [0.29, 0.717) is 24.8 Å². The van der Waals surface area contributed by atoms with Gasteiger partial charge in [-0.25, -0.2) is 0 Å². The van der Waals surface area contributed by atoms with Crippen molar-refractivity contribution in [1.82, 2.24) is 4.90 Å². The number of piperazine rings is 1. The van der Waals surface area contributed by atoms with Crippen molar-refractivity contribution < 1.29 is 14.6 Å². The molecular formula is C21H27ClN2O3. The highest BCUT2D eigenvalue weighted by Gasteiger charge is 2.19. The Morgan fingerprint density at radius 2 is 1.67 bits per heavy atom. The lowest BCUT2D eigenvalue weighted by Crippen LogP contribution is -2.49. The fourth-order valence-corrected chi connectivity index (χ4v) is 3.35. The molecule has 146 valence electrons. The third-order valence-electron chi connectivity index (χ3n) is 4.77. The zero-order chi connectivity index (χ0) is 19.1. The summed E-state index contributed by atoms with van der Waals surface area (Å²) in [6, 6.07) is 15.7. The predicted octanol–water partition coefficient (Wildman–Crippen LogP) is 3.05. The van der Waals surface area contributed by atoms with Crippen LogP contribution in [0.3, 0.4) is 0 Å². The van der Waals surface area contributed by atoms with Crippen LogP contribution in [-0.2, 0) is 11.3 Å². The van der Waals surface area contributed by atoms with E-state index >= 15 is 0 Å². The summed E-state index contributed by atoms with van der Waals surface area (Å²) in [4.78, 5) is 4.65. The molecule has 2 aromatic carbocycles. The summed E-state index contributed by atoms with van der Waals surface area (Å²) in [6.07, 6.45) is -0.482. The minimum atomic E-state index is -0.482. The first-order valence-electron chi connectivity index (χ1n) is 9.25. The topological polar surface area (TPSA) is 45.2 Å². The molecule has 0 spiro atoms. The van der Waals surface area contributed by atoms with Gasteiger partial charge in [0.25, 0.3) is 0 Å². The van der Waals surface area contributed by atoms with Crippen LogP contribution in [-0.4, -0.2) is 62.6 Å². The van der Waals surface area contributed by atoms with Gasteiger partial charge in [0.2, 0.25) is 0 Å². The highest BCUT2D eigenvalue weighted by atomic mass is 35.5. The SMILES string of the molecule is COc1ccc(N2CCN(CC(O)COCc3ccc(Cl)cc3)CC2)cc1. The maximum absolute atomic E-state index is 10.2. The van der Waals surface area contributed by atoms with Gasteiger partial charge in [-0.05, 0) is 42.0 Å². The van der Waals surface area contributed by atoms with Crippen molar-refractivity contribution in [3.63, 3.8) is 0 Å².